The number of carbonyl (C=O) groups excluding carboxylic acids is 1. The molecule has 84 valence electrons. The van der Waals surface area contributed by atoms with Crippen molar-refractivity contribution in [2.45, 2.75) is 25.0 Å². The van der Waals surface area contributed by atoms with Crippen molar-refractivity contribution in [3.63, 3.8) is 0 Å². The van der Waals surface area contributed by atoms with Crippen molar-refractivity contribution in [3.8, 4) is 0 Å². The molecule has 0 saturated heterocycles. The Kier molecular flexibility index (Phi) is 3.37. The van der Waals surface area contributed by atoms with E-state index in [1.807, 2.05) is 18.2 Å². The minimum absolute atomic E-state index is 0.375. The first-order valence-electron chi connectivity index (χ1n) is 5.36. The van der Waals surface area contributed by atoms with Gasteiger partial charge < -0.3 is 9.84 Å². The Balaban J connectivity index is 2.00. The first-order valence-corrected chi connectivity index (χ1v) is 5.36. The van der Waals surface area contributed by atoms with E-state index in [1.165, 1.54) is 0 Å². The largest absolute Gasteiger partial charge is 0.456 e. The standard InChI is InChI=1S/C13H14O3/c14-11-8-4-5-9-12(11)16-13(15)10-6-2-1-3-7-10/h1-7,11-12,14H,8-9H2/t11-,12+/m1/s1. The molecule has 0 spiro atoms. The van der Waals surface area contributed by atoms with Crippen molar-refractivity contribution in [1.82, 2.24) is 0 Å². The second-order valence-corrected chi connectivity index (χ2v) is 3.82. The van der Waals surface area contributed by atoms with E-state index in [0.717, 1.165) is 0 Å². The van der Waals surface area contributed by atoms with Crippen LogP contribution in [0.25, 0.3) is 0 Å². The monoisotopic (exact) mass is 218 g/mol. The van der Waals surface area contributed by atoms with Crippen molar-refractivity contribution in [2.24, 2.45) is 0 Å². The Morgan fingerprint density at radius 3 is 2.56 bits per heavy atom. The third-order valence-electron chi connectivity index (χ3n) is 2.61. The molecular weight excluding hydrogens is 204 g/mol. The maximum Gasteiger partial charge on any atom is 0.338 e. The molecular formula is C13H14O3. The maximum atomic E-state index is 11.7. The molecule has 1 aromatic rings. The van der Waals surface area contributed by atoms with Gasteiger partial charge >= 0.3 is 5.97 Å². The Morgan fingerprint density at radius 1 is 1.19 bits per heavy atom. The molecule has 0 aliphatic heterocycles. The maximum absolute atomic E-state index is 11.7. The number of ether oxygens (including phenoxy) is 1. The zero-order valence-electron chi connectivity index (χ0n) is 8.87. The molecule has 0 fully saturated rings. The topological polar surface area (TPSA) is 46.5 Å². The van der Waals surface area contributed by atoms with Crippen LogP contribution in [-0.4, -0.2) is 23.3 Å². The molecule has 1 aliphatic carbocycles. The zero-order chi connectivity index (χ0) is 11.4. The summed E-state index contributed by atoms with van der Waals surface area (Å²) < 4.78 is 5.25. The second kappa shape index (κ2) is 4.94. The Hall–Kier alpha value is -1.61. The summed E-state index contributed by atoms with van der Waals surface area (Å²) in [5, 5.41) is 9.64. The molecule has 16 heavy (non-hydrogen) atoms. The minimum Gasteiger partial charge on any atom is -0.456 e. The van der Waals surface area contributed by atoms with Crippen LogP contribution in [-0.2, 0) is 4.74 Å². The van der Waals surface area contributed by atoms with Crippen LogP contribution in [0.3, 0.4) is 0 Å². The highest BCUT2D eigenvalue weighted by Crippen LogP contribution is 2.17. The zero-order valence-corrected chi connectivity index (χ0v) is 8.87. The van der Waals surface area contributed by atoms with E-state index in [4.69, 9.17) is 4.74 Å². The van der Waals surface area contributed by atoms with Crippen LogP contribution in [0, 0.1) is 0 Å². The number of hydrogen-bond acceptors (Lipinski definition) is 3. The number of hydrogen-bond donors (Lipinski definition) is 1. The number of rotatable bonds is 2. The van der Waals surface area contributed by atoms with E-state index in [0.29, 0.717) is 18.4 Å². The lowest BCUT2D eigenvalue weighted by molar-refractivity contribution is -0.0185. The predicted molar refractivity (Wildman–Crippen MR) is 60.0 cm³/mol. The van der Waals surface area contributed by atoms with Crippen LogP contribution in [0.1, 0.15) is 23.2 Å². The lowest BCUT2D eigenvalue weighted by Crippen LogP contribution is -2.32. The van der Waals surface area contributed by atoms with Crippen LogP contribution in [0.4, 0.5) is 0 Å². The van der Waals surface area contributed by atoms with Crippen LogP contribution in [0.5, 0.6) is 0 Å². The van der Waals surface area contributed by atoms with Gasteiger partial charge in [-0.1, -0.05) is 30.4 Å². The summed E-state index contributed by atoms with van der Waals surface area (Å²) >= 11 is 0. The molecule has 0 saturated carbocycles. The number of aliphatic hydroxyl groups is 1. The normalized spacial score (nSPS) is 24.1. The molecule has 3 heteroatoms. The molecule has 1 aromatic carbocycles. The summed E-state index contributed by atoms with van der Waals surface area (Å²) in [4.78, 5) is 11.7. The van der Waals surface area contributed by atoms with Gasteiger partial charge in [0.1, 0.15) is 6.10 Å². The Labute approximate surface area is 94.4 Å². The van der Waals surface area contributed by atoms with Crippen molar-refractivity contribution in [1.29, 1.82) is 0 Å². The van der Waals surface area contributed by atoms with E-state index in [-0.39, 0.29) is 5.97 Å². The van der Waals surface area contributed by atoms with Gasteiger partial charge in [-0.3, -0.25) is 0 Å². The lowest BCUT2D eigenvalue weighted by atomic mass is 10.0. The third kappa shape index (κ3) is 2.49. The SMILES string of the molecule is O=C(O[C@H]1CC=CC[C@H]1O)c1ccccc1. The molecule has 1 N–H and O–H groups in total. The van der Waals surface area contributed by atoms with Gasteiger partial charge in [-0.2, -0.15) is 0 Å². The van der Waals surface area contributed by atoms with Crippen LogP contribution >= 0.6 is 0 Å². The molecule has 0 bridgehead atoms. The fourth-order valence-corrected chi connectivity index (χ4v) is 1.68. The lowest BCUT2D eigenvalue weighted by Gasteiger charge is -2.23. The summed E-state index contributed by atoms with van der Waals surface area (Å²) in [6.07, 6.45) is 3.95. The number of aliphatic hydroxyl groups excluding tert-OH is 1. The van der Waals surface area contributed by atoms with Crippen molar-refractivity contribution in [2.75, 3.05) is 0 Å². The molecule has 0 radical (unpaired) electrons. The van der Waals surface area contributed by atoms with Gasteiger partial charge in [0.25, 0.3) is 0 Å². The number of esters is 1. The highest BCUT2D eigenvalue weighted by Gasteiger charge is 2.24. The smallest absolute Gasteiger partial charge is 0.338 e. The predicted octanol–water partition coefficient (Wildman–Crippen LogP) is 1.92. The Bertz CT molecular complexity index is 383. The highest BCUT2D eigenvalue weighted by molar-refractivity contribution is 5.89. The molecule has 2 rings (SSSR count). The van der Waals surface area contributed by atoms with Crippen molar-refractivity contribution < 1.29 is 14.6 Å². The molecule has 0 heterocycles. The quantitative estimate of drug-likeness (QED) is 0.609. The van der Waals surface area contributed by atoms with E-state index in [9.17, 15) is 9.90 Å². The van der Waals surface area contributed by atoms with Gasteiger partial charge in [0.15, 0.2) is 0 Å². The molecule has 0 unspecified atom stereocenters. The van der Waals surface area contributed by atoms with Crippen molar-refractivity contribution in [3.05, 3.63) is 48.0 Å². The summed E-state index contributed by atoms with van der Waals surface area (Å²) in [5.74, 6) is -0.375. The molecule has 2 atom stereocenters. The molecule has 0 amide bonds. The Morgan fingerprint density at radius 2 is 1.88 bits per heavy atom. The number of carbonyl (C=O) groups is 1. The van der Waals surface area contributed by atoms with E-state index >= 15 is 0 Å². The summed E-state index contributed by atoms with van der Waals surface area (Å²) in [6, 6.07) is 8.82. The average Bonchev–Trinajstić information content (AvgIpc) is 2.33. The highest BCUT2D eigenvalue weighted by atomic mass is 16.6. The molecule has 1 aliphatic rings. The summed E-state index contributed by atoms with van der Waals surface area (Å²) in [7, 11) is 0. The third-order valence-corrected chi connectivity index (χ3v) is 2.61. The van der Waals surface area contributed by atoms with Gasteiger partial charge in [-0.25, -0.2) is 4.79 Å². The van der Waals surface area contributed by atoms with Crippen molar-refractivity contribution >= 4 is 5.97 Å². The minimum atomic E-state index is -0.585. The van der Waals surface area contributed by atoms with E-state index < -0.39 is 12.2 Å². The van der Waals surface area contributed by atoms with Gasteiger partial charge in [0.2, 0.25) is 0 Å². The fourth-order valence-electron chi connectivity index (χ4n) is 1.68. The average molecular weight is 218 g/mol. The van der Waals surface area contributed by atoms with Gasteiger partial charge in [-0.05, 0) is 18.6 Å². The second-order valence-electron chi connectivity index (χ2n) is 3.82. The van der Waals surface area contributed by atoms with Crippen LogP contribution < -0.4 is 0 Å². The van der Waals surface area contributed by atoms with Crippen LogP contribution in [0.15, 0.2) is 42.5 Å². The summed E-state index contributed by atoms with van der Waals surface area (Å²) in [6.45, 7) is 0. The first kappa shape index (κ1) is 10.9. The van der Waals surface area contributed by atoms with Crippen LogP contribution in [0.2, 0.25) is 0 Å². The molecule has 0 aromatic heterocycles. The fraction of sp³-hybridized carbons (Fsp3) is 0.308. The number of benzene rings is 1. The van der Waals surface area contributed by atoms with E-state index in [1.54, 1.807) is 24.3 Å². The van der Waals surface area contributed by atoms with Gasteiger partial charge in [0.05, 0.1) is 11.7 Å². The molecule has 3 nitrogen and oxygen atoms in total. The summed E-state index contributed by atoms with van der Waals surface area (Å²) in [5.41, 5.74) is 0.518. The van der Waals surface area contributed by atoms with Gasteiger partial charge in [0, 0.05) is 6.42 Å². The van der Waals surface area contributed by atoms with Gasteiger partial charge in [-0.15, -0.1) is 0 Å². The van der Waals surface area contributed by atoms with E-state index in [2.05, 4.69) is 0 Å². The first-order chi connectivity index (χ1) is 7.77.